The summed E-state index contributed by atoms with van der Waals surface area (Å²) in [6, 6.07) is 5.24. The zero-order valence-electron chi connectivity index (χ0n) is 11.9. The first kappa shape index (κ1) is 16.7. The Labute approximate surface area is 130 Å². The fraction of sp³-hybridized carbons (Fsp3) is 0.429. The molecule has 0 saturated heterocycles. The van der Waals surface area contributed by atoms with Crippen LogP contribution in [0.5, 0.6) is 0 Å². The van der Waals surface area contributed by atoms with Crippen LogP contribution in [0.15, 0.2) is 18.2 Å². The Bertz CT molecular complexity index is 507. The van der Waals surface area contributed by atoms with Crippen LogP contribution in [-0.4, -0.2) is 29.0 Å². The van der Waals surface area contributed by atoms with Crippen molar-refractivity contribution in [2.75, 3.05) is 18.4 Å². The fourth-order valence-electron chi connectivity index (χ4n) is 1.65. The minimum Gasteiger partial charge on any atom is -0.393 e. The van der Waals surface area contributed by atoms with E-state index in [1.165, 1.54) is 0 Å². The average molecular weight is 314 g/mol. The summed E-state index contributed by atoms with van der Waals surface area (Å²) in [5.74, 6) is -0.0164. The average Bonchev–Trinajstić information content (AvgIpc) is 2.39. The number of thiocarbonyl (C=S) groups is 1. The number of urea groups is 1. The molecule has 0 aliphatic rings. The van der Waals surface area contributed by atoms with E-state index in [4.69, 9.17) is 29.6 Å². The van der Waals surface area contributed by atoms with Crippen molar-refractivity contribution in [3.05, 3.63) is 28.8 Å². The molecule has 6 heteroatoms. The first-order chi connectivity index (χ1) is 9.35. The Kier molecular flexibility index (Phi) is 6.23. The SMILES string of the molecule is CCN(CC(C)C(N)=S)C(=O)Nc1ccc(C)c(Cl)c1. The topological polar surface area (TPSA) is 58.4 Å². The quantitative estimate of drug-likeness (QED) is 0.819. The van der Waals surface area contributed by atoms with Crippen LogP contribution in [0.4, 0.5) is 10.5 Å². The maximum Gasteiger partial charge on any atom is 0.321 e. The normalized spacial score (nSPS) is 11.8. The van der Waals surface area contributed by atoms with E-state index in [-0.39, 0.29) is 11.9 Å². The van der Waals surface area contributed by atoms with Crippen molar-refractivity contribution in [3.8, 4) is 0 Å². The third kappa shape index (κ3) is 4.65. The first-order valence-electron chi connectivity index (χ1n) is 6.46. The minimum atomic E-state index is -0.185. The van der Waals surface area contributed by atoms with E-state index in [1.54, 1.807) is 11.0 Å². The van der Waals surface area contributed by atoms with Gasteiger partial charge in [0.1, 0.15) is 0 Å². The largest absolute Gasteiger partial charge is 0.393 e. The molecule has 2 amide bonds. The lowest BCUT2D eigenvalue weighted by Crippen LogP contribution is -2.40. The highest BCUT2D eigenvalue weighted by Gasteiger charge is 2.16. The number of rotatable bonds is 5. The van der Waals surface area contributed by atoms with Crippen molar-refractivity contribution in [2.45, 2.75) is 20.8 Å². The van der Waals surface area contributed by atoms with E-state index < -0.39 is 0 Å². The van der Waals surface area contributed by atoms with Crippen molar-refractivity contribution in [1.29, 1.82) is 0 Å². The standard InChI is InChI=1S/C14H20ClN3OS/c1-4-18(8-10(3)13(16)20)14(19)17-11-6-5-9(2)12(15)7-11/h5-7,10H,4,8H2,1-3H3,(H2,16,20)(H,17,19). The Morgan fingerprint density at radius 3 is 2.70 bits per heavy atom. The maximum atomic E-state index is 12.2. The summed E-state index contributed by atoms with van der Waals surface area (Å²) in [6.07, 6.45) is 0. The van der Waals surface area contributed by atoms with Gasteiger partial charge in [-0.3, -0.25) is 0 Å². The molecule has 0 heterocycles. The van der Waals surface area contributed by atoms with Crippen molar-refractivity contribution < 1.29 is 4.79 Å². The molecule has 0 aliphatic heterocycles. The highest BCUT2D eigenvalue weighted by molar-refractivity contribution is 7.80. The first-order valence-corrected chi connectivity index (χ1v) is 7.25. The van der Waals surface area contributed by atoms with Crippen molar-refractivity contribution in [1.82, 2.24) is 4.90 Å². The zero-order valence-corrected chi connectivity index (χ0v) is 13.5. The van der Waals surface area contributed by atoms with Gasteiger partial charge >= 0.3 is 6.03 Å². The Hall–Kier alpha value is -1.33. The summed E-state index contributed by atoms with van der Waals surface area (Å²) in [5.41, 5.74) is 7.23. The maximum absolute atomic E-state index is 12.2. The summed E-state index contributed by atoms with van der Waals surface area (Å²) in [7, 11) is 0. The number of anilines is 1. The molecule has 1 aromatic carbocycles. The Morgan fingerprint density at radius 2 is 2.20 bits per heavy atom. The second-order valence-electron chi connectivity index (χ2n) is 4.74. The number of hydrogen-bond acceptors (Lipinski definition) is 2. The number of carbonyl (C=O) groups is 1. The predicted octanol–water partition coefficient (Wildman–Crippen LogP) is 3.42. The Morgan fingerprint density at radius 1 is 1.55 bits per heavy atom. The number of amides is 2. The number of nitrogens with one attached hydrogen (secondary N) is 1. The highest BCUT2D eigenvalue weighted by Crippen LogP contribution is 2.20. The van der Waals surface area contributed by atoms with Gasteiger partial charge in [-0.1, -0.05) is 36.8 Å². The third-order valence-corrected chi connectivity index (χ3v) is 3.88. The molecule has 4 nitrogen and oxygen atoms in total. The molecule has 0 spiro atoms. The van der Waals surface area contributed by atoms with Gasteiger partial charge in [-0.15, -0.1) is 0 Å². The van der Waals surface area contributed by atoms with E-state index in [2.05, 4.69) is 5.32 Å². The van der Waals surface area contributed by atoms with Crippen molar-refractivity contribution in [2.24, 2.45) is 11.7 Å². The van der Waals surface area contributed by atoms with E-state index in [1.807, 2.05) is 32.9 Å². The van der Waals surface area contributed by atoms with Gasteiger partial charge in [-0.05, 0) is 31.5 Å². The number of hydrogen-bond donors (Lipinski definition) is 2. The number of aryl methyl sites for hydroxylation is 1. The van der Waals surface area contributed by atoms with Gasteiger partial charge in [-0.25, -0.2) is 4.79 Å². The van der Waals surface area contributed by atoms with E-state index in [9.17, 15) is 4.79 Å². The summed E-state index contributed by atoms with van der Waals surface area (Å²) in [6.45, 7) is 6.81. The van der Waals surface area contributed by atoms with Crippen LogP contribution < -0.4 is 11.1 Å². The molecular formula is C14H20ClN3OS. The van der Waals surface area contributed by atoms with Crippen LogP contribution in [0.1, 0.15) is 19.4 Å². The van der Waals surface area contributed by atoms with Crippen LogP contribution in [0.25, 0.3) is 0 Å². The second kappa shape index (κ2) is 7.45. The molecule has 0 aliphatic carbocycles. The van der Waals surface area contributed by atoms with Crippen molar-refractivity contribution >= 4 is 40.5 Å². The zero-order chi connectivity index (χ0) is 15.3. The number of nitrogens with two attached hydrogens (primary N) is 1. The molecule has 1 rings (SSSR count). The molecule has 0 fully saturated rings. The van der Waals surface area contributed by atoms with Gasteiger partial charge in [0, 0.05) is 29.7 Å². The summed E-state index contributed by atoms with van der Waals surface area (Å²) < 4.78 is 0. The molecule has 3 N–H and O–H groups in total. The molecule has 1 atom stereocenters. The van der Waals surface area contributed by atoms with Crippen LogP contribution >= 0.6 is 23.8 Å². The molecule has 1 aromatic rings. The number of halogens is 1. The van der Waals surface area contributed by atoms with E-state index >= 15 is 0 Å². The second-order valence-corrected chi connectivity index (χ2v) is 5.61. The predicted molar refractivity (Wildman–Crippen MR) is 88.4 cm³/mol. The van der Waals surface area contributed by atoms with Gasteiger partial charge in [0.2, 0.25) is 0 Å². The van der Waals surface area contributed by atoms with Gasteiger partial charge in [0.15, 0.2) is 0 Å². The Balaban J connectivity index is 2.72. The molecule has 0 saturated carbocycles. The van der Waals surface area contributed by atoms with Crippen LogP contribution in [0.3, 0.4) is 0 Å². The monoisotopic (exact) mass is 313 g/mol. The molecule has 1 unspecified atom stereocenters. The van der Waals surface area contributed by atoms with E-state index in [0.29, 0.717) is 28.8 Å². The van der Waals surface area contributed by atoms with Gasteiger partial charge in [0.25, 0.3) is 0 Å². The van der Waals surface area contributed by atoms with Gasteiger partial charge in [-0.2, -0.15) is 0 Å². The molecule has 20 heavy (non-hydrogen) atoms. The number of carbonyl (C=O) groups excluding carboxylic acids is 1. The summed E-state index contributed by atoms with van der Waals surface area (Å²) in [4.78, 5) is 14.3. The molecule has 0 aromatic heterocycles. The molecule has 0 radical (unpaired) electrons. The van der Waals surface area contributed by atoms with Gasteiger partial charge in [0.05, 0.1) is 4.99 Å². The third-order valence-electron chi connectivity index (χ3n) is 3.07. The van der Waals surface area contributed by atoms with Crippen LogP contribution in [0, 0.1) is 12.8 Å². The minimum absolute atomic E-state index is 0.0164. The molecule has 110 valence electrons. The van der Waals surface area contributed by atoms with Gasteiger partial charge < -0.3 is 16.0 Å². The smallest absolute Gasteiger partial charge is 0.321 e. The lowest BCUT2D eigenvalue weighted by atomic mass is 10.1. The highest BCUT2D eigenvalue weighted by atomic mass is 35.5. The molecular weight excluding hydrogens is 294 g/mol. The number of nitrogens with zero attached hydrogens (tertiary/aromatic N) is 1. The summed E-state index contributed by atoms with van der Waals surface area (Å²) >= 11 is 11.0. The lowest BCUT2D eigenvalue weighted by molar-refractivity contribution is 0.211. The van der Waals surface area contributed by atoms with Crippen LogP contribution in [0.2, 0.25) is 5.02 Å². The molecule has 0 bridgehead atoms. The summed E-state index contributed by atoms with van der Waals surface area (Å²) in [5, 5.41) is 3.45. The van der Waals surface area contributed by atoms with E-state index in [0.717, 1.165) is 5.56 Å². The van der Waals surface area contributed by atoms with Crippen LogP contribution in [-0.2, 0) is 0 Å². The number of benzene rings is 1. The lowest BCUT2D eigenvalue weighted by Gasteiger charge is -2.24. The van der Waals surface area contributed by atoms with Crippen molar-refractivity contribution in [3.63, 3.8) is 0 Å². The fourth-order valence-corrected chi connectivity index (χ4v) is 1.90.